The van der Waals surface area contributed by atoms with Crippen molar-refractivity contribution in [2.24, 2.45) is 0 Å². The molecule has 1 aromatic carbocycles. The summed E-state index contributed by atoms with van der Waals surface area (Å²) in [5.41, 5.74) is 1.10. The van der Waals surface area contributed by atoms with Crippen LogP contribution in [0, 0.1) is 0 Å². The Hall–Kier alpha value is -1.06. The second-order valence-corrected chi connectivity index (χ2v) is 6.03. The third-order valence-electron chi connectivity index (χ3n) is 4.22. The Kier molecular flexibility index (Phi) is 5.44. The lowest BCUT2D eigenvalue weighted by atomic mass is 10.1. The number of nitrogens with zero attached hydrogens (tertiary/aromatic N) is 1. The van der Waals surface area contributed by atoms with E-state index in [0.717, 1.165) is 10.6 Å². The molecule has 0 saturated heterocycles. The maximum atomic E-state index is 12.2. The highest BCUT2D eigenvalue weighted by Crippen LogP contribution is 2.21. The summed E-state index contributed by atoms with van der Waals surface area (Å²) in [6.07, 6.45) is 4.96. The van der Waals surface area contributed by atoms with Crippen molar-refractivity contribution < 1.29 is 4.79 Å². The van der Waals surface area contributed by atoms with E-state index in [2.05, 4.69) is 5.32 Å². The number of nitrogens with one attached hydrogen (secondary N) is 1. The standard InChI is InChI=1S/C16H23ClN2O/c1-12(13-7-9-14(17)10-8-13)19(2)16(20)11-18-15-5-3-4-6-15/h7-10,12,15,18H,3-6,11H2,1-2H3. The Morgan fingerprint density at radius 2 is 1.95 bits per heavy atom. The predicted octanol–water partition coefficient (Wildman–Crippen LogP) is 3.39. The van der Waals surface area contributed by atoms with Crippen molar-refractivity contribution >= 4 is 17.5 Å². The predicted molar refractivity (Wildman–Crippen MR) is 82.9 cm³/mol. The average Bonchev–Trinajstić information content (AvgIpc) is 2.97. The molecule has 20 heavy (non-hydrogen) atoms. The molecule has 1 aliphatic carbocycles. The number of rotatable bonds is 5. The number of hydrogen-bond donors (Lipinski definition) is 1. The number of likely N-dealkylation sites (N-methyl/N-ethyl adjacent to an activating group) is 1. The van der Waals surface area contributed by atoms with Crippen LogP contribution in [-0.2, 0) is 4.79 Å². The molecular formula is C16H23ClN2O. The molecule has 0 aliphatic heterocycles. The molecule has 3 nitrogen and oxygen atoms in total. The minimum Gasteiger partial charge on any atom is -0.338 e. The summed E-state index contributed by atoms with van der Waals surface area (Å²) in [5.74, 6) is 0.138. The van der Waals surface area contributed by atoms with E-state index in [-0.39, 0.29) is 11.9 Å². The number of halogens is 1. The van der Waals surface area contributed by atoms with Crippen LogP contribution in [-0.4, -0.2) is 30.4 Å². The van der Waals surface area contributed by atoms with Gasteiger partial charge in [-0.15, -0.1) is 0 Å². The van der Waals surface area contributed by atoms with Crippen molar-refractivity contribution in [3.8, 4) is 0 Å². The molecule has 1 unspecified atom stereocenters. The van der Waals surface area contributed by atoms with E-state index in [1.807, 2.05) is 38.2 Å². The maximum Gasteiger partial charge on any atom is 0.236 e. The van der Waals surface area contributed by atoms with Crippen LogP contribution in [0.15, 0.2) is 24.3 Å². The van der Waals surface area contributed by atoms with Gasteiger partial charge in [0.1, 0.15) is 0 Å². The molecule has 1 amide bonds. The second kappa shape index (κ2) is 7.09. The summed E-state index contributed by atoms with van der Waals surface area (Å²) in [6.45, 7) is 2.47. The molecule has 110 valence electrons. The quantitative estimate of drug-likeness (QED) is 0.903. The van der Waals surface area contributed by atoms with Crippen molar-refractivity contribution in [2.75, 3.05) is 13.6 Å². The number of carbonyl (C=O) groups excluding carboxylic acids is 1. The first kappa shape index (κ1) is 15.3. The topological polar surface area (TPSA) is 32.3 Å². The number of benzene rings is 1. The van der Waals surface area contributed by atoms with Crippen molar-refractivity contribution in [3.63, 3.8) is 0 Å². The summed E-state index contributed by atoms with van der Waals surface area (Å²) >= 11 is 5.89. The minimum atomic E-state index is 0.0603. The maximum absolute atomic E-state index is 12.2. The highest BCUT2D eigenvalue weighted by atomic mass is 35.5. The van der Waals surface area contributed by atoms with Crippen molar-refractivity contribution in [1.82, 2.24) is 10.2 Å². The molecule has 0 heterocycles. The Morgan fingerprint density at radius 3 is 2.55 bits per heavy atom. The Morgan fingerprint density at radius 1 is 1.35 bits per heavy atom. The first-order valence-electron chi connectivity index (χ1n) is 7.32. The highest BCUT2D eigenvalue weighted by Gasteiger charge is 2.20. The van der Waals surface area contributed by atoms with Gasteiger partial charge in [0.2, 0.25) is 5.91 Å². The molecule has 0 spiro atoms. The number of carbonyl (C=O) groups is 1. The molecule has 1 aliphatic rings. The van der Waals surface area contributed by atoms with Crippen LogP contribution in [0.4, 0.5) is 0 Å². The van der Waals surface area contributed by atoms with Crippen LogP contribution >= 0.6 is 11.6 Å². The van der Waals surface area contributed by atoms with Gasteiger partial charge in [-0.1, -0.05) is 36.6 Å². The molecule has 0 bridgehead atoms. The fourth-order valence-corrected chi connectivity index (χ4v) is 2.79. The first-order chi connectivity index (χ1) is 9.58. The Balaban J connectivity index is 1.86. The number of amides is 1. The Bertz CT molecular complexity index is 440. The largest absolute Gasteiger partial charge is 0.338 e. The van der Waals surface area contributed by atoms with Gasteiger partial charge in [-0.25, -0.2) is 0 Å². The number of hydrogen-bond acceptors (Lipinski definition) is 2. The summed E-state index contributed by atoms with van der Waals surface area (Å²) in [4.78, 5) is 14.0. The second-order valence-electron chi connectivity index (χ2n) is 5.59. The molecule has 1 saturated carbocycles. The van der Waals surface area contributed by atoms with Crippen molar-refractivity contribution in [1.29, 1.82) is 0 Å². The van der Waals surface area contributed by atoms with Crippen LogP contribution < -0.4 is 5.32 Å². The van der Waals surface area contributed by atoms with Crippen LogP contribution in [0.2, 0.25) is 5.02 Å². The minimum absolute atomic E-state index is 0.0603. The zero-order valence-electron chi connectivity index (χ0n) is 12.2. The molecule has 1 aromatic rings. The first-order valence-corrected chi connectivity index (χ1v) is 7.70. The lowest BCUT2D eigenvalue weighted by Gasteiger charge is -2.26. The highest BCUT2D eigenvalue weighted by molar-refractivity contribution is 6.30. The SMILES string of the molecule is CC(c1ccc(Cl)cc1)N(C)C(=O)CNC1CCCC1. The van der Waals surface area contributed by atoms with E-state index in [1.54, 1.807) is 4.90 Å². The molecule has 0 radical (unpaired) electrons. The summed E-state index contributed by atoms with van der Waals surface area (Å²) < 4.78 is 0. The Labute approximate surface area is 126 Å². The fraction of sp³-hybridized carbons (Fsp3) is 0.562. The van der Waals surface area contributed by atoms with Gasteiger partial charge in [0, 0.05) is 18.1 Å². The van der Waals surface area contributed by atoms with Gasteiger partial charge in [-0.3, -0.25) is 4.79 Å². The fourth-order valence-electron chi connectivity index (χ4n) is 2.67. The van der Waals surface area contributed by atoms with Gasteiger partial charge in [-0.2, -0.15) is 0 Å². The third kappa shape index (κ3) is 3.97. The molecule has 1 fully saturated rings. The van der Waals surface area contributed by atoms with Crippen LogP contribution in [0.3, 0.4) is 0 Å². The van der Waals surface area contributed by atoms with Gasteiger partial charge in [0.15, 0.2) is 0 Å². The third-order valence-corrected chi connectivity index (χ3v) is 4.48. The molecule has 4 heteroatoms. The average molecular weight is 295 g/mol. The van der Waals surface area contributed by atoms with E-state index in [0.29, 0.717) is 12.6 Å². The van der Waals surface area contributed by atoms with Gasteiger partial charge < -0.3 is 10.2 Å². The lowest BCUT2D eigenvalue weighted by Crippen LogP contribution is -2.40. The van der Waals surface area contributed by atoms with E-state index in [9.17, 15) is 4.79 Å². The van der Waals surface area contributed by atoms with E-state index in [1.165, 1.54) is 25.7 Å². The monoisotopic (exact) mass is 294 g/mol. The van der Waals surface area contributed by atoms with E-state index in [4.69, 9.17) is 11.6 Å². The summed E-state index contributed by atoms with van der Waals surface area (Å²) in [5, 5.41) is 4.09. The van der Waals surface area contributed by atoms with Gasteiger partial charge in [0.25, 0.3) is 0 Å². The normalized spacial score (nSPS) is 17.1. The zero-order chi connectivity index (χ0) is 14.5. The molecule has 1 atom stereocenters. The van der Waals surface area contributed by atoms with Crippen LogP contribution in [0.1, 0.15) is 44.2 Å². The summed E-state index contributed by atoms with van der Waals surface area (Å²) in [7, 11) is 1.86. The lowest BCUT2D eigenvalue weighted by molar-refractivity contribution is -0.131. The molecule has 0 aromatic heterocycles. The smallest absolute Gasteiger partial charge is 0.236 e. The van der Waals surface area contributed by atoms with Crippen molar-refractivity contribution in [3.05, 3.63) is 34.9 Å². The summed E-state index contributed by atoms with van der Waals surface area (Å²) in [6, 6.07) is 8.26. The van der Waals surface area contributed by atoms with Crippen LogP contribution in [0.5, 0.6) is 0 Å². The molecule has 2 rings (SSSR count). The van der Waals surface area contributed by atoms with Crippen molar-refractivity contribution in [2.45, 2.75) is 44.7 Å². The van der Waals surface area contributed by atoms with E-state index < -0.39 is 0 Å². The van der Waals surface area contributed by atoms with E-state index >= 15 is 0 Å². The zero-order valence-corrected chi connectivity index (χ0v) is 13.0. The molecular weight excluding hydrogens is 272 g/mol. The van der Waals surface area contributed by atoms with Gasteiger partial charge >= 0.3 is 0 Å². The van der Waals surface area contributed by atoms with Gasteiger partial charge in [-0.05, 0) is 37.5 Å². The molecule has 1 N–H and O–H groups in total. The van der Waals surface area contributed by atoms with Crippen LogP contribution in [0.25, 0.3) is 0 Å². The van der Waals surface area contributed by atoms with Gasteiger partial charge in [0.05, 0.1) is 12.6 Å².